The zero-order valence-corrected chi connectivity index (χ0v) is 17.2. The van der Waals surface area contributed by atoms with Gasteiger partial charge in [0.2, 0.25) is 0 Å². The summed E-state index contributed by atoms with van der Waals surface area (Å²) in [6, 6.07) is 19.4. The third-order valence-electron chi connectivity index (χ3n) is 5.68. The van der Waals surface area contributed by atoms with Crippen molar-refractivity contribution in [2.24, 2.45) is 10.7 Å². The molecule has 2 N–H and O–H groups in total. The van der Waals surface area contributed by atoms with Gasteiger partial charge in [-0.3, -0.25) is 9.98 Å². The molecule has 0 aliphatic carbocycles. The first-order chi connectivity index (χ1) is 15.6. The van der Waals surface area contributed by atoms with Crippen LogP contribution in [0.1, 0.15) is 22.7 Å². The van der Waals surface area contributed by atoms with Crippen LogP contribution < -0.4 is 10.5 Å². The summed E-state index contributed by atoms with van der Waals surface area (Å²) in [5, 5.41) is 0. The van der Waals surface area contributed by atoms with Crippen LogP contribution in [0.4, 0.5) is 8.78 Å². The van der Waals surface area contributed by atoms with E-state index in [0.29, 0.717) is 22.5 Å². The van der Waals surface area contributed by atoms with Gasteiger partial charge in [-0.2, -0.15) is 0 Å². The van der Waals surface area contributed by atoms with Crippen molar-refractivity contribution in [3.05, 3.63) is 107 Å². The van der Waals surface area contributed by atoms with Crippen molar-refractivity contribution >= 4 is 5.84 Å². The molecule has 4 nitrogen and oxygen atoms in total. The topological polar surface area (TPSA) is 60.5 Å². The van der Waals surface area contributed by atoms with Gasteiger partial charge in [0.05, 0.1) is 13.3 Å². The first kappa shape index (κ1) is 19.9. The van der Waals surface area contributed by atoms with Gasteiger partial charge in [-0.15, -0.1) is 0 Å². The van der Waals surface area contributed by atoms with Gasteiger partial charge < -0.3 is 10.5 Å². The van der Waals surface area contributed by atoms with E-state index in [1.54, 1.807) is 24.3 Å². The number of benzene rings is 3. The van der Waals surface area contributed by atoms with Gasteiger partial charge in [-0.05, 0) is 40.5 Å². The van der Waals surface area contributed by atoms with Crippen molar-refractivity contribution in [3.63, 3.8) is 0 Å². The third kappa shape index (κ3) is 3.21. The van der Waals surface area contributed by atoms with Crippen LogP contribution in [0.25, 0.3) is 22.3 Å². The summed E-state index contributed by atoms with van der Waals surface area (Å²) < 4.78 is 34.4. The van der Waals surface area contributed by atoms with Crippen molar-refractivity contribution < 1.29 is 13.5 Å². The number of pyridine rings is 1. The zero-order valence-electron chi connectivity index (χ0n) is 17.2. The van der Waals surface area contributed by atoms with Crippen LogP contribution in [0, 0.1) is 11.6 Å². The number of ether oxygens (including phenoxy) is 1. The Morgan fingerprint density at radius 1 is 0.875 bits per heavy atom. The minimum atomic E-state index is -0.535. The molecule has 6 heteroatoms. The molecule has 0 fully saturated rings. The number of hydrogen-bond acceptors (Lipinski definition) is 4. The second-order valence-corrected chi connectivity index (χ2v) is 7.49. The molecule has 1 atom stereocenters. The van der Waals surface area contributed by atoms with Crippen LogP contribution >= 0.6 is 0 Å². The maximum absolute atomic E-state index is 14.8. The molecule has 0 saturated carbocycles. The molecule has 0 spiro atoms. The molecule has 158 valence electrons. The highest BCUT2D eigenvalue weighted by Gasteiger charge is 2.29. The second-order valence-electron chi connectivity index (χ2n) is 7.49. The summed E-state index contributed by atoms with van der Waals surface area (Å²) >= 11 is 0. The molecule has 1 aliphatic heterocycles. The highest BCUT2D eigenvalue weighted by atomic mass is 19.1. The molecule has 1 aliphatic rings. The zero-order chi connectivity index (χ0) is 22.2. The van der Waals surface area contributed by atoms with E-state index in [1.807, 2.05) is 42.5 Å². The number of rotatable bonds is 4. The van der Waals surface area contributed by atoms with E-state index in [0.717, 1.165) is 22.3 Å². The van der Waals surface area contributed by atoms with E-state index in [-0.39, 0.29) is 5.75 Å². The van der Waals surface area contributed by atoms with Crippen molar-refractivity contribution in [2.45, 2.75) is 6.04 Å². The van der Waals surface area contributed by atoms with Crippen LogP contribution in [0.15, 0.2) is 84.1 Å². The number of nitrogens with two attached hydrogens (primary N) is 1. The Balaban J connectivity index is 1.63. The minimum Gasteiger partial charge on any atom is -0.494 e. The summed E-state index contributed by atoms with van der Waals surface area (Å²) in [6.45, 7) is 0. The molecule has 0 bridgehead atoms. The Labute approximate surface area is 184 Å². The van der Waals surface area contributed by atoms with Crippen LogP contribution in [0.2, 0.25) is 0 Å². The lowest BCUT2D eigenvalue weighted by Gasteiger charge is -2.14. The quantitative estimate of drug-likeness (QED) is 0.467. The monoisotopic (exact) mass is 427 g/mol. The highest BCUT2D eigenvalue weighted by molar-refractivity contribution is 6.07. The van der Waals surface area contributed by atoms with E-state index < -0.39 is 17.7 Å². The second kappa shape index (κ2) is 7.89. The standard InChI is InChI=1S/C26H19F2N3O/c1-32-22-10-4-8-18(24(22)28)16-6-2-5-15(13-16)17-7-3-9-20-23(17)26(29)31-25(20)19-11-12-30-14-21(19)27/h2-14,25H,1H3,(H2,29,31). The Morgan fingerprint density at radius 3 is 2.38 bits per heavy atom. The Morgan fingerprint density at radius 2 is 1.59 bits per heavy atom. The van der Waals surface area contributed by atoms with Crippen molar-refractivity contribution in [2.75, 3.05) is 7.11 Å². The van der Waals surface area contributed by atoms with Gasteiger partial charge in [-0.25, -0.2) is 8.78 Å². The maximum Gasteiger partial charge on any atom is 0.172 e. The molecule has 3 aromatic carbocycles. The number of methoxy groups -OCH3 is 1. The smallest absolute Gasteiger partial charge is 0.172 e. The van der Waals surface area contributed by atoms with E-state index in [4.69, 9.17) is 10.5 Å². The number of halogens is 2. The molecule has 0 amide bonds. The number of nitrogens with zero attached hydrogens (tertiary/aromatic N) is 2. The van der Waals surface area contributed by atoms with Crippen LogP contribution in [-0.4, -0.2) is 17.9 Å². The Hall–Kier alpha value is -4.06. The van der Waals surface area contributed by atoms with E-state index in [9.17, 15) is 8.78 Å². The number of fused-ring (bicyclic) bond motifs is 1. The van der Waals surface area contributed by atoms with Gasteiger partial charge >= 0.3 is 0 Å². The summed E-state index contributed by atoms with van der Waals surface area (Å²) in [5.41, 5.74) is 11.2. The third-order valence-corrected chi connectivity index (χ3v) is 5.68. The first-order valence-corrected chi connectivity index (χ1v) is 10.1. The molecule has 1 unspecified atom stereocenters. The lowest BCUT2D eigenvalue weighted by atomic mass is 9.90. The van der Waals surface area contributed by atoms with Crippen LogP contribution in [0.5, 0.6) is 5.75 Å². The summed E-state index contributed by atoms with van der Waals surface area (Å²) in [7, 11) is 1.44. The predicted octanol–water partition coefficient (Wildman–Crippen LogP) is 5.51. The molecule has 1 aromatic heterocycles. The van der Waals surface area contributed by atoms with Gasteiger partial charge in [0, 0.05) is 22.9 Å². The fraction of sp³-hybridized carbons (Fsp3) is 0.0769. The van der Waals surface area contributed by atoms with Crippen molar-refractivity contribution in [1.29, 1.82) is 0 Å². The first-order valence-electron chi connectivity index (χ1n) is 10.1. The number of hydrogen-bond donors (Lipinski definition) is 1. The molecular weight excluding hydrogens is 408 g/mol. The molecule has 5 rings (SSSR count). The average molecular weight is 427 g/mol. The van der Waals surface area contributed by atoms with E-state index >= 15 is 0 Å². The van der Waals surface area contributed by atoms with E-state index in [2.05, 4.69) is 9.98 Å². The van der Waals surface area contributed by atoms with Crippen molar-refractivity contribution in [3.8, 4) is 28.0 Å². The molecule has 32 heavy (non-hydrogen) atoms. The largest absolute Gasteiger partial charge is 0.494 e. The Kier molecular flexibility index (Phi) is 4.90. The molecular formula is C26H19F2N3O. The molecule has 2 heterocycles. The summed E-state index contributed by atoms with van der Waals surface area (Å²) in [4.78, 5) is 8.36. The SMILES string of the molecule is COc1cccc(-c2cccc(-c3cccc4c3C(N)=NC4c3ccncc3F)c2)c1F. The number of aliphatic imine (C=N–C) groups is 1. The van der Waals surface area contributed by atoms with Gasteiger partial charge in [0.15, 0.2) is 11.6 Å². The predicted molar refractivity (Wildman–Crippen MR) is 121 cm³/mol. The van der Waals surface area contributed by atoms with Crippen molar-refractivity contribution in [1.82, 2.24) is 4.98 Å². The maximum atomic E-state index is 14.8. The average Bonchev–Trinajstić information content (AvgIpc) is 3.16. The van der Waals surface area contributed by atoms with Gasteiger partial charge in [0.1, 0.15) is 17.7 Å². The lowest BCUT2D eigenvalue weighted by Crippen LogP contribution is -2.11. The van der Waals surface area contributed by atoms with Crippen LogP contribution in [-0.2, 0) is 0 Å². The number of aromatic nitrogens is 1. The van der Waals surface area contributed by atoms with Gasteiger partial charge in [0.25, 0.3) is 0 Å². The van der Waals surface area contributed by atoms with Crippen LogP contribution in [0.3, 0.4) is 0 Å². The van der Waals surface area contributed by atoms with Gasteiger partial charge in [-0.1, -0.05) is 48.5 Å². The molecule has 0 radical (unpaired) electrons. The summed E-state index contributed by atoms with van der Waals surface area (Å²) in [6.07, 6.45) is 2.72. The molecule has 0 saturated heterocycles. The Bertz CT molecular complexity index is 1370. The highest BCUT2D eigenvalue weighted by Crippen LogP contribution is 2.40. The van der Waals surface area contributed by atoms with E-state index in [1.165, 1.54) is 19.5 Å². The fourth-order valence-electron chi connectivity index (χ4n) is 4.19. The summed E-state index contributed by atoms with van der Waals surface area (Å²) in [5.74, 6) is -0.315. The normalized spacial score (nSPS) is 14.7. The lowest BCUT2D eigenvalue weighted by molar-refractivity contribution is 0.387. The number of amidine groups is 1. The minimum absolute atomic E-state index is 0.187. The fourth-order valence-corrected chi connectivity index (χ4v) is 4.19. The molecule has 4 aromatic rings.